The molecule has 17 heavy (non-hydrogen) atoms. The van der Waals surface area contributed by atoms with Crippen molar-refractivity contribution in [1.82, 2.24) is 4.98 Å². The van der Waals surface area contributed by atoms with Crippen molar-refractivity contribution in [3.05, 3.63) is 23.4 Å². The van der Waals surface area contributed by atoms with Crippen LogP contribution in [0.2, 0.25) is 0 Å². The second-order valence-electron chi connectivity index (χ2n) is 4.22. The van der Waals surface area contributed by atoms with Gasteiger partial charge in [0, 0.05) is 13.0 Å². The SMILES string of the molecule is Cc1nc(N2CC(CN)CC2=O)ccc1C#N. The summed E-state index contributed by atoms with van der Waals surface area (Å²) in [6.45, 7) is 2.90. The molecule has 1 aliphatic heterocycles. The van der Waals surface area contributed by atoms with E-state index in [1.54, 1.807) is 24.0 Å². The molecule has 0 radical (unpaired) electrons. The number of aromatic nitrogens is 1. The van der Waals surface area contributed by atoms with Crippen molar-refractivity contribution in [2.45, 2.75) is 13.3 Å². The monoisotopic (exact) mass is 230 g/mol. The van der Waals surface area contributed by atoms with E-state index in [-0.39, 0.29) is 11.8 Å². The lowest BCUT2D eigenvalue weighted by Crippen LogP contribution is -2.26. The Bertz CT molecular complexity index is 492. The minimum absolute atomic E-state index is 0.0528. The lowest BCUT2D eigenvalue weighted by atomic mass is 10.1. The highest BCUT2D eigenvalue weighted by Crippen LogP contribution is 2.23. The molecule has 1 aliphatic rings. The highest BCUT2D eigenvalue weighted by molar-refractivity contribution is 5.94. The van der Waals surface area contributed by atoms with Crippen LogP contribution in [0.3, 0.4) is 0 Å². The van der Waals surface area contributed by atoms with Crippen LogP contribution in [0.4, 0.5) is 5.82 Å². The number of nitrogens with zero attached hydrogens (tertiary/aromatic N) is 3. The minimum Gasteiger partial charge on any atom is -0.330 e. The molecule has 2 heterocycles. The zero-order chi connectivity index (χ0) is 12.4. The molecule has 1 fully saturated rings. The van der Waals surface area contributed by atoms with Crippen molar-refractivity contribution in [2.24, 2.45) is 11.7 Å². The third-order valence-electron chi connectivity index (χ3n) is 3.01. The summed E-state index contributed by atoms with van der Waals surface area (Å²) in [5.74, 6) is 0.875. The number of hydrogen-bond acceptors (Lipinski definition) is 4. The van der Waals surface area contributed by atoms with E-state index in [1.165, 1.54) is 0 Å². The molecule has 0 aliphatic carbocycles. The Labute approximate surface area is 99.9 Å². The third-order valence-corrected chi connectivity index (χ3v) is 3.01. The van der Waals surface area contributed by atoms with Gasteiger partial charge in [-0.2, -0.15) is 5.26 Å². The van der Waals surface area contributed by atoms with Gasteiger partial charge < -0.3 is 5.73 Å². The first-order chi connectivity index (χ1) is 8.15. The fourth-order valence-electron chi connectivity index (χ4n) is 1.98. The maximum Gasteiger partial charge on any atom is 0.228 e. The first-order valence-corrected chi connectivity index (χ1v) is 5.54. The predicted molar refractivity (Wildman–Crippen MR) is 63.2 cm³/mol. The maximum atomic E-state index is 11.8. The molecule has 2 rings (SSSR count). The van der Waals surface area contributed by atoms with Crippen molar-refractivity contribution in [2.75, 3.05) is 18.0 Å². The van der Waals surface area contributed by atoms with Crippen LogP contribution in [-0.4, -0.2) is 24.0 Å². The fraction of sp³-hybridized carbons (Fsp3) is 0.417. The van der Waals surface area contributed by atoms with Gasteiger partial charge in [0.2, 0.25) is 5.91 Å². The fourth-order valence-corrected chi connectivity index (χ4v) is 1.98. The number of carbonyl (C=O) groups is 1. The van der Waals surface area contributed by atoms with Gasteiger partial charge in [0.25, 0.3) is 0 Å². The summed E-state index contributed by atoms with van der Waals surface area (Å²) < 4.78 is 0. The van der Waals surface area contributed by atoms with Crippen LogP contribution in [0.5, 0.6) is 0 Å². The van der Waals surface area contributed by atoms with Crippen molar-refractivity contribution >= 4 is 11.7 Å². The van der Waals surface area contributed by atoms with Crippen molar-refractivity contribution in [1.29, 1.82) is 5.26 Å². The molecule has 1 atom stereocenters. The number of anilines is 1. The Kier molecular flexibility index (Phi) is 3.07. The topological polar surface area (TPSA) is 83.0 Å². The van der Waals surface area contributed by atoms with E-state index >= 15 is 0 Å². The standard InChI is InChI=1S/C12H14N4O/c1-8-10(6-14)2-3-11(15-8)16-7-9(5-13)4-12(16)17/h2-3,9H,4-5,7,13H2,1H3. The highest BCUT2D eigenvalue weighted by atomic mass is 16.2. The van der Waals surface area contributed by atoms with E-state index in [9.17, 15) is 4.79 Å². The summed E-state index contributed by atoms with van der Waals surface area (Å²) in [4.78, 5) is 17.7. The Morgan fingerprint density at radius 3 is 2.94 bits per heavy atom. The molecule has 0 saturated carbocycles. The number of pyridine rings is 1. The molecule has 88 valence electrons. The predicted octanol–water partition coefficient (Wildman–Crippen LogP) is 0.573. The summed E-state index contributed by atoms with van der Waals surface area (Å²) in [6.07, 6.45) is 0.483. The zero-order valence-electron chi connectivity index (χ0n) is 9.68. The lowest BCUT2D eigenvalue weighted by molar-refractivity contribution is -0.117. The van der Waals surface area contributed by atoms with Gasteiger partial charge in [0.1, 0.15) is 11.9 Å². The minimum atomic E-state index is 0.0528. The Hall–Kier alpha value is -1.93. The van der Waals surface area contributed by atoms with Gasteiger partial charge >= 0.3 is 0 Å². The van der Waals surface area contributed by atoms with Crippen molar-refractivity contribution in [3.8, 4) is 6.07 Å². The molecule has 5 heteroatoms. The number of nitrogens with two attached hydrogens (primary N) is 1. The average molecular weight is 230 g/mol. The summed E-state index contributed by atoms with van der Waals surface area (Å²) in [6, 6.07) is 5.46. The van der Waals surface area contributed by atoms with Crippen LogP contribution < -0.4 is 10.6 Å². The van der Waals surface area contributed by atoms with Crippen molar-refractivity contribution < 1.29 is 4.79 Å². The van der Waals surface area contributed by atoms with E-state index in [0.29, 0.717) is 36.6 Å². The van der Waals surface area contributed by atoms with E-state index < -0.39 is 0 Å². The zero-order valence-corrected chi connectivity index (χ0v) is 9.68. The Balaban J connectivity index is 2.27. The molecule has 1 saturated heterocycles. The van der Waals surface area contributed by atoms with Gasteiger partial charge in [-0.15, -0.1) is 0 Å². The van der Waals surface area contributed by atoms with Gasteiger partial charge in [0.05, 0.1) is 11.3 Å². The molecule has 0 spiro atoms. The first kappa shape index (κ1) is 11.6. The Morgan fingerprint density at radius 1 is 1.65 bits per heavy atom. The molecule has 2 N–H and O–H groups in total. The molecule has 1 unspecified atom stereocenters. The maximum absolute atomic E-state index is 11.8. The van der Waals surface area contributed by atoms with Gasteiger partial charge in [0.15, 0.2) is 0 Å². The molecule has 5 nitrogen and oxygen atoms in total. The summed E-state index contributed by atoms with van der Waals surface area (Å²) in [5.41, 5.74) is 6.75. The van der Waals surface area contributed by atoms with Crippen LogP contribution in [0, 0.1) is 24.2 Å². The van der Waals surface area contributed by atoms with Crippen LogP contribution >= 0.6 is 0 Å². The molecule has 1 aromatic rings. The van der Waals surface area contributed by atoms with Gasteiger partial charge in [-0.25, -0.2) is 4.98 Å². The smallest absolute Gasteiger partial charge is 0.228 e. The van der Waals surface area contributed by atoms with E-state index in [4.69, 9.17) is 11.0 Å². The van der Waals surface area contributed by atoms with Crippen LogP contribution in [-0.2, 0) is 4.79 Å². The van der Waals surface area contributed by atoms with E-state index in [0.717, 1.165) is 0 Å². The average Bonchev–Trinajstić information content (AvgIpc) is 2.70. The number of nitriles is 1. The van der Waals surface area contributed by atoms with E-state index in [2.05, 4.69) is 11.1 Å². The number of amides is 1. The number of aryl methyl sites for hydroxylation is 1. The molecule has 0 aromatic carbocycles. The summed E-state index contributed by atoms with van der Waals surface area (Å²) >= 11 is 0. The summed E-state index contributed by atoms with van der Waals surface area (Å²) in [5, 5.41) is 8.82. The van der Waals surface area contributed by atoms with Gasteiger partial charge in [-0.05, 0) is 31.5 Å². The van der Waals surface area contributed by atoms with Crippen LogP contribution in [0.25, 0.3) is 0 Å². The second kappa shape index (κ2) is 4.52. The van der Waals surface area contributed by atoms with Crippen molar-refractivity contribution in [3.63, 3.8) is 0 Å². The van der Waals surface area contributed by atoms with E-state index in [1.807, 2.05) is 0 Å². The molecule has 1 aromatic heterocycles. The lowest BCUT2D eigenvalue weighted by Gasteiger charge is -2.16. The molecular weight excluding hydrogens is 216 g/mol. The molecule has 1 amide bonds. The first-order valence-electron chi connectivity index (χ1n) is 5.54. The number of hydrogen-bond donors (Lipinski definition) is 1. The largest absolute Gasteiger partial charge is 0.330 e. The highest BCUT2D eigenvalue weighted by Gasteiger charge is 2.30. The molecule has 0 bridgehead atoms. The van der Waals surface area contributed by atoms with Gasteiger partial charge in [-0.1, -0.05) is 0 Å². The third kappa shape index (κ3) is 2.12. The normalized spacial score (nSPS) is 19.5. The quantitative estimate of drug-likeness (QED) is 0.805. The number of rotatable bonds is 2. The number of carbonyl (C=O) groups excluding carboxylic acids is 1. The van der Waals surface area contributed by atoms with Crippen LogP contribution in [0.1, 0.15) is 17.7 Å². The van der Waals surface area contributed by atoms with Gasteiger partial charge in [-0.3, -0.25) is 9.69 Å². The summed E-state index contributed by atoms with van der Waals surface area (Å²) in [7, 11) is 0. The van der Waals surface area contributed by atoms with Crippen LogP contribution in [0.15, 0.2) is 12.1 Å². The molecular formula is C12H14N4O. The second-order valence-corrected chi connectivity index (χ2v) is 4.22. The Morgan fingerprint density at radius 2 is 2.41 bits per heavy atom.